The third kappa shape index (κ3) is 3.93. The third-order valence-electron chi connectivity index (χ3n) is 6.48. The first kappa shape index (κ1) is 21.5. The summed E-state index contributed by atoms with van der Waals surface area (Å²) in [5, 5.41) is -0.0288. The summed E-state index contributed by atoms with van der Waals surface area (Å²) in [4.78, 5) is 3.04. The Kier molecular flexibility index (Phi) is 5.51. The van der Waals surface area contributed by atoms with E-state index in [1.807, 2.05) is 0 Å². The zero-order valence-corrected chi connectivity index (χ0v) is 18.0. The van der Waals surface area contributed by atoms with Gasteiger partial charge >= 0.3 is 0 Å². The highest BCUT2D eigenvalue weighted by Crippen LogP contribution is 2.46. The van der Waals surface area contributed by atoms with Crippen molar-refractivity contribution in [2.75, 3.05) is 13.2 Å². The van der Waals surface area contributed by atoms with Crippen LogP contribution in [-0.4, -0.2) is 37.9 Å². The van der Waals surface area contributed by atoms with Crippen LogP contribution in [0.3, 0.4) is 0 Å². The summed E-state index contributed by atoms with van der Waals surface area (Å²) >= 11 is 0. The molecule has 5 nitrogen and oxygen atoms in total. The van der Waals surface area contributed by atoms with Crippen LogP contribution in [0.5, 0.6) is 0 Å². The van der Waals surface area contributed by atoms with Gasteiger partial charge in [-0.05, 0) is 73.1 Å². The Morgan fingerprint density at radius 1 is 0.969 bits per heavy atom. The first-order chi connectivity index (χ1) is 15.3. The highest BCUT2D eigenvalue weighted by Gasteiger charge is 2.38. The highest BCUT2D eigenvalue weighted by molar-refractivity contribution is 7.90. The van der Waals surface area contributed by atoms with Crippen molar-refractivity contribution < 1.29 is 26.3 Å². The van der Waals surface area contributed by atoms with E-state index < -0.39 is 32.7 Å². The largest absolute Gasteiger partial charge is 0.381 e. The Hall–Kier alpha value is -2.36. The summed E-state index contributed by atoms with van der Waals surface area (Å²) in [6.45, 7) is 0.874. The molecular formula is C23H23F3N2O3S. The predicted octanol–water partition coefficient (Wildman–Crippen LogP) is 4.60. The molecule has 1 aliphatic carbocycles. The summed E-state index contributed by atoms with van der Waals surface area (Å²) in [5.74, 6) is -1.87. The second-order valence-electron chi connectivity index (χ2n) is 8.57. The molecule has 1 saturated heterocycles. The molecule has 1 aliphatic heterocycles. The second kappa shape index (κ2) is 8.20. The van der Waals surface area contributed by atoms with E-state index in [-0.39, 0.29) is 17.5 Å². The highest BCUT2D eigenvalue weighted by atomic mass is 32.2. The minimum Gasteiger partial charge on any atom is -0.381 e. The number of sulfonamides is 1. The van der Waals surface area contributed by atoms with Crippen LogP contribution in [0, 0.1) is 17.5 Å². The molecule has 32 heavy (non-hydrogen) atoms. The molecule has 1 saturated carbocycles. The van der Waals surface area contributed by atoms with Gasteiger partial charge in [-0.1, -0.05) is 0 Å². The number of fused-ring (bicyclic) bond motifs is 1. The Bertz CT molecular complexity index is 1250. The zero-order valence-electron chi connectivity index (χ0n) is 17.2. The fourth-order valence-electron chi connectivity index (χ4n) is 4.77. The van der Waals surface area contributed by atoms with Gasteiger partial charge in [-0.25, -0.2) is 26.3 Å². The maximum atomic E-state index is 14.5. The molecule has 2 N–H and O–H groups in total. The molecule has 0 unspecified atom stereocenters. The second-order valence-corrected chi connectivity index (χ2v) is 10.6. The molecule has 0 radical (unpaired) electrons. The molecule has 2 aliphatic rings. The normalized spacial score (nSPS) is 22.2. The maximum absolute atomic E-state index is 14.5. The van der Waals surface area contributed by atoms with Gasteiger partial charge in [0.2, 0.25) is 10.0 Å². The summed E-state index contributed by atoms with van der Waals surface area (Å²) < 4.78 is 75.4. The van der Waals surface area contributed by atoms with Crippen LogP contribution in [0.25, 0.3) is 22.2 Å². The molecule has 1 aromatic heterocycles. The lowest BCUT2D eigenvalue weighted by Gasteiger charge is -2.37. The average molecular weight is 465 g/mol. The van der Waals surface area contributed by atoms with Crippen molar-refractivity contribution in [3.05, 3.63) is 59.4 Å². The van der Waals surface area contributed by atoms with E-state index in [4.69, 9.17) is 4.74 Å². The summed E-state index contributed by atoms with van der Waals surface area (Å²) in [6.07, 6.45) is 1.98. The number of H-pyrrole nitrogens is 1. The Morgan fingerprint density at radius 3 is 2.34 bits per heavy atom. The van der Waals surface area contributed by atoms with Crippen LogP contribution in [-0.2, 0) is 14.8 Å². The van der Waals surface area contributed by atoms with Crippen molar-refractivity contribution in [1.82, 2.24) is 9.71 Å². The van der Waals surface area contributed by atoms with Gasteiger partial charge < -0.3 is 9.72 Å². The van der Waals surface area contributed by atoms with E-state index >= 15 is 0 Å². The number of hydrogen-bond donors (Lipinski definition) is 2. The number of nitrogens with one attached hydrogen (secondary N) is 2. The number of aromatic amines is 1. The third-order valence-corrected chi connectivity index (χ3v) is 8.49. The van der Waals surface area contributed by atoms with Gasteiger partial charge in [0, 0.05) is 30.7 Å². The zero-order chi connectivity index (χ0) is 22.5. The lowest BCUT2D eigenvalue weighted by Crippen LogP contribution is -2.48. The van der Waals surface area contributed by atoms with Crippen LogP contribution in [0.15, 0.2) is 36.4 Å². The molecule has 2 aromatic carbocycles. The first-order valence-corrected chi connectivity index (χ1v) is 12.2. The van der Waals surface area contributed by atoms with Gasteiger partial charge in [0.05, 0.1) is 16.5 Å². The molecule has 0 spiro atoms. The molecular weight excluding hydrogens is 441 g/mol. The van der Waals surface area contributed by atoms with Crippen LogP contribution in [0.2, 0.25) is 0 Å². The number of aromatic nitrogens is 1. The average Bonchev–Trinajstić information content (AvgIpc) is 3.11. The fraction of sp³-hybridized carbons (Fsp3) is 0.391. The lowest BCUT2D eigenvalue weighted by molar-refractivity contribution is 0.0979. The molecule has 0 atom stereocenters. The van der Waals surface area contributed by atoms with E-state index in [0.717, 1.165) is 11.6 Å². The topological polar surface area (TPSA) is 71.2 Å². The van der Waals surface area contributed by atoms with Crippen LogP contribution in [0.4, 0.5) is 13.2 Å². The quantitative estimate of drug-likeness (QED) is 0.580. The SMILES string of the molecule is O=S(=O)(N[C@H]1C[C@H](c2c(-c3ccc(F)cc3)[nH]c3c(F)cc(F)cc32)C1)C1CCOCC1. The van der Waals surface area contributed by atoms with E-state index in [9.17, 15) is 21.6 Å². The standard InChI is InChI=1S/C23H23F3N2O3S/c24-15-3-1-13(2-4-15)22-21(19-11-16(25)12-20(26)23(19)27-22)14-9-17(10-14)28-32(29,30)18-5-7-31-8-6-18/h1-4,11-12,14,17-18,27-28H,5-10H2/t14-,17-. The monoisotopic (exact) mass is 464 g/mol. The van der Waals surface area contributed by atoms with E-state index in [0.29, 0.717) is 55.5 Å². The van der Waals surface area contributed by atoms with E-state index in [1.165, 1.54) is 18.2 Å². The van der Waals surface area contributed by atoms with Crippen LogP contribution in [0.1, 0.15) is 37.2 Å². The van der Waals surface area contributed by atoms with Gasteiger partial charge in [-0.15, -0.1) is 0 Å². The Morgan fingerprint density at radius 2 is 1.66 bits per heavy atom. The molecule has 0 amide bonds. The van der Waals surface area contributed by atoms with Crippen molar-refractivity contribution >= 4 is 20.9 Å². The molecule has 0 bridgehead atoms. The van der Waals surface area contributed by atoms with Crippen molar-refractivity contribution in [3.8, 4) is 11.3 Å². The Balaban J connectivity index is 1.44. The minimum absolute atomic E-state index is 0.0904. The van der Waals surface area contributed by atoms with E-state index in [1.54, 1.807) is 12.1 Å². The minimum atomic E-state index is -3.46. The summed E-state index contributed by atoms with van der Waals surface area (Å²) in [6, 6.07) is 7.67. The Labute approximate surface area is 184 Å². The smallest absolute Gasteiger partial charge is 0.214 e. The molecule has 170 valence electrons. The number of hydrogen-bond acceptors (Lipinski definition) is 3. The van der Waals surface area contributed by atoms with Gasteiger partial charge in [-0.3, -0.25) is 0 Å². The number of rotatable bonds is 5. The van der Waals surface area contributed by atoms with Crippen molar-refractivity contribution in [2.45, 2.75) is 42.9 Å². The van der Waals surface area contributed by atoms with Gasteiger partial charge in [0.25, 0.3) is 0 Å². The van der Waals surface area contributed by atoms with Gasteiger partial charge in [0.1, 0.15) is 17.5 Å². The molecule has 3 aromatic rings. The van der Waals surface area contributed by atoms with Crippen molar-refractivity contribution in [2.24, 2.45) is 0 Å². The summed E-state index contributed by atoms with van der Waals surface area (Å²) in [7, 11) is -3.46. The molecule has 2 heterocycles. The molecule has 5 rings (SSSR count). The molecule has 2 fully saturated rings. The van der Waals surface area contributed by atoms with Crippen molar-refractivity contribution in [3.63, 3.8) is 0 Å². The van der Waals surface area contributed by atoms with Gasteiger partial charge in [0.15, 0.2) is 0 Å². The predicted molar refractivity (Wildman–Crippen MR) is 115 cm³/mol. The van der Waals surface area contributed by atoms with Crippen LogP contribution < -0.4 is 4.72 Å². The van der Waals surface area contributed by atoms with Gasteiger partial charge in [-0.2, -0.15) is 0 Å². The number of benzene rings is 2. The van der Waals surface area contributed by atoms with E-state index in [2.05, 4.69) is 9.71 Å². The number of ether oxygens (including phenoxy) is 1. The first-order valence-electron chi connectivity index (χ1n) is 10.7. The molecule has 9 heteroatoms. The van der Waals surface area contributed by atoms with Crippen molar-refractivity contribution in [1.29, 1.82) is 0 Å². The fourth-order valence-corrected chi connectivity index (χ4v) is 6.44. The summed E-state index contributed by atoms with van der Waals surface area (Å²) in [5.41, 5.74) is 2.17. The maximum Gasteiger partial charge on any atom is 0.214 e. The lowest BCUT2D eigenvalue weighted by atomic mass is 9.74. The number of halogens is 3. The van der Waals surface area contributed by atoms with Crippen LogP contribution >= 0.6 is 0 Å².